The summed E-state index contributed by atoms with van der Waals surface area (Å²) in [6.45, 7) is 3.67. The normalized spacial score (nSPS) is 10.1. The van der Waals surface area contributed by atoms with Crippen molar-refractivity contribution >= 4 is 21.9 Å². The molecule has 0 aliphatic carbocycles. The molecule has 0 saturated carbocycles. The van der Waals surface area contributed by atoms with Crippen LogP contribution >= 0.6 is 15.9 Å². The Morgan fingerprint density at radius 3 is 2.40 bits per heavy atom. The zero-order valence-electron chi connectivity index (χ0n) is 11.0. The van der Waals surface area contributed by atoms with Crippen molar-refractivity contribution in [3.05, 3.63) is 82.3 Å². The Kier molecular flexibility index (Phi) is 5.13. The smallest absolute Gasteiger partial charge is 0.330 e. The van der Waals surface area contributed by atoms with Crippen LogP contribution in [-0.4, -0.2) is 5.97 Å². The summed E-state index contributed by atoms with van der Waals surface area (Å²) in [5.74, 6) is -0.400. The summed E-state index contributed by atoms with van der Waals surface area (Å²) in [4.78, 5) is 11.1. The lowest BCUT2D eigenvalue weighted by Gasteiger charge is -2.09. The Hall–Kier alpha value is -1.87. The van der Waals surface area contributed by atoms with Crippen LogP contribution in [-0.2, 0) is 22.6 Å². The average Bonchev–Trinajstić information content (AvgIpc) is 2.48. The van der Waals surface area contributed by atoms with Crippen LogP contribution < -0.4 is 0 Å². The van der Waals surface area contributed by atoms with Gasteiger partial charge in [-0.2, -0.15) is 0 Å². The number of esters is 1. The van der Waals surface area contributed by atoms with Gasteiger partial charge in [0.2, 0.25) is 0 Å². The van der Waals surface area contributed by atoms with Gasteiger partial charge in [0, 0.05) is 10.5 Å². The minimum Gasteiger partial charge on any atom is -0.458 e. The minimum atomic E-state index is -0.400. The molecule has 0 aliphatic rings. The predicted molar refractivity (Wildman–Crippen MR) is 83.4 cm³/mol. The quantitative estimate of drug-likeness (QED) is 0.604. The number of rotatable bonds is 5. The maximum absolute atomic E-state index is 11.1. The fraction of sp³-hybridized carbons (Fsp3) is 0.118. The molecule has 0 radical (unpaired) electrons. The Morgan fingerprint density at radius 1 is 1.10 bits per heavy atom. The summed E-state index contributed by atoms with van der Waals surface area (Å²) in [5, 5.41) is 0. The van der Waals surface area contributed by atoms with E-state index >= 15 is 0 Å². The molecule has 0 bridgehead atoms. The molecular formula is C17H15BrO2. The Labute approximate surface area is 127 Å². The van der Waals surface area contributed by atoms with E-state index in [0.29, 0.717) is 0 Å². The Balaban J connectivity index is 2.13. The first-order chi connectivity index (χ1) is 9.69. The molecule has 0 saturated heterocycles. The van der Waals surface area contributed by atoms with Crippen molar-refractivity contribution < 1.29 is 9.53 Å². The second kappa shape index (κ2) is 7.06. The second-order valence-electron chi connectivity index (χ2n) is 4.38. The van der Waals surface area contributed by atoms with Gasteiger partial charge in [-0.25, -0.2) is 4.79 Å². The number of carbonyl (C=O) groups excluding carboxylic acids is 1. The SMILES string of the molecule is C=CC(=O)OCc1ccccc1Cc1ccc(Br)cc1. The maximum Gasteiger partial charge on any atom is 0.330 e. The van der Waals surface area contributed by atoms with E-state index in [2.05, 4.69) is 40.7 Å². The predicted octanol–water partition coefficient (Wildman–Crippen LogP) is 4.27. The largest absolute Gasteiger partial charge is 0.458 e. The molecule has 3 heteroatoms. The van der Waals surface area contributed by atoms with Crippen molar-refractivity contribution in [3.8, 4) is 0 Å². The van der Waals surface area contributed by atoms with Crippen LogP contribution in [0.5, 0.6) is 0 Å². The summed E-state index contributed by atoms with van der Waals surface area (Å²) in [6, 6.07) is 16.2. The molecule has 0 unspecified atom stereocenters. The highest BCUT2D eigenvalue weighted by Crippen LogP contribution is 2.17. The standard InChI is InChI=1S/C17H15BrO2/c1-2-17(19)20-12-15-6-4-3-5-14(15)11-13-7-9-16(18)10-8-13/h2-10H,1,11-12H2. The molecule has 2 rings (SSSR count). The van der Waals surface area contributed by atoms with Gasteiger partial charge in [0.25, 0.3) is 0 Å². The third-order valence-electron chi connectivity index (χ3n) is 2.96. The molecule has 102 valence electrons. The van der Waals surface area contributed by atoms with Crippen LogP contribution in [0.3, 0.4) is 0 Å². The summed E-state index contributed by atoms with van der Waals surface area (Å²) in [7, 11) is 0. The van der Waals surface area contributed by atoms with Crippen LogP contribution in [0.25, 0.3) is 0 Å². The van der Waals surface area contributed by atoms with Gasteiger partial charge >= 0.3 is 5.97 Å². The van der Waals surface area contributed by atoms with Gasteiger partial charge in [-0.3, -0.25) is 0 Å². The van der Waals surface area contributed by atoms with Gasteiger partial charge in [0.15, 0.2) is 0 Å². The molecule has 0 aliphatic heterocycles. The third-order valence-corrected chi connectivity index (χ3v) is 3.49. The lowest BCUT2D eigenvalue weighted by Crippen LogP contribution is -2.03. The zero-order chi connectivity index (χ0) is 14.4. The van der Waals surface area contributed by atoms with Gasteiger partial charge in [-0.1, -0.05) is 58.9 Å². The molecule has 2 aromatic carbocycles. The van der Waals surface area contributed by atoms with E-state index in [4.69, 9.17) is 4.74 Å². The minimum absolute atomic E-state index is 0.275. The van der Waals surface area contributed by atoms with E-state index in [9.17, 15) is 4.79 Å². The molecule has 0 amide bonds. The maximum atomic E-state index is 11.1. The first-order valence-corrected chi connectivity index (χ1v) is 7.09. The molecule has 0 atom stereocenters. The number of ether oxygens (including phenoxy) is 1. The van der Waals surface area contributed by atoms with E-state index < -0.39 is 5.97 Å². The van der Waals surface area contributed by atoms with E-state index in [1.807, 2.05) is 30.3 Å². The highest BCUT2D eigenvalue weighted by atomic mass is 79.9. The Morgan fingerprint density at radius 2 is 1.75 bits per heavy atom. The molecule has 0 aromatic heterocycles. The highest BCUT2D eigenvalue weighted by Gasteiger charge is 2.05. The van der Waals surface area contributed by atoms with E-state index in [0.717, 1.165) is 22.0 Å². The van der Waals surface area contributed by atoms with Crippen LogP contribution in [0.15, 0.2) is 65.7 Å². The van der Waals surface area contributed by atoms with Crippen molar-refractivity contribution in [2.24, 2.45) is 0 Å². The van der Waals surface area contributed by atoms with Gasteiger partial charge < -0.3 is 4.74 Å². The summed E-state index contributed by atoms with van der Waals surface area (Å²) in [6.07, 6.45) is 1.99. The molecule has 2 nitrogen and oxygen atoms in total. The number of hydrogen-bond acceptors (Lipinski definition) is 2. The van der Waals surface area contributed by atoms with Crippen LogP contribution in [0.4, 0.5) is 0 Å². The number of carbonyl (C=O) groups is 1. The van der Waals surface area contributed by atoms with Gasteiger partial charge in [0.1, 0.15) is 6.61 Å². The fourth-order valence-corrected chi connectivity index (χ4v) is 2.17. The highest BCUT2D eigenvalue weighted by molar-refractivity contribution is 9.10. The van der Waals surface area contributed by atoms with Crippen molar-refractivity contribution in [2.75, 3.05) is 0 Å². The second-order valence-corrected chi connectivity index (χ2v) is 5.30. The molecule has 20 heavy (non-hydrogen) atoms. The molecule has 2 aromatic rings. The van der Waals surface area contributed by atoms with Crippen LogP contribution in [0.1, 0.15) is 16.7 Å². The first-order valence-electron chi connectivity index (χ1n) is 6.29. The monoisotopic (exact) mass is 330 g/mol. The van der Waals surface area contributed by atoms with E-state index in [1.54, 1.807) is 0 Å². The van der Waals surface area contributed by atoms with Crippen molar-refractivity contribution in [3.63, 3.8) is 0 Å². The van der Waals surface area contributed by atoms with Crippen LogP contribution in [0.2, 0.25) is 0 Å². The van der Waals surface area contributed by atoms with Gasteiger partial charge in [-0.05, 0) is 35.2 Å². The van der Waals surface area contributed by atoms with Crippen LogP contribution in [0, 0.1) is 0 Å². The van der Waals surface area contributed by atoms with Crippen molar-refractivity contribution in [2.45, 2.75) is 13.0 Å². The zero-order valence-corrected chi connectivity index (χ0v) is 12.6. The topological polar surface area (TPSA) is 26.3 Å². The summed E-state index contributed by atoms with van der Waals surface area (Å²) < 4.78 is 6.17. The fourth-order valence-electron chi connectivity index (χ4n) is 1.90. The van der Waals surface area contributed by atoms with E-state index in [-0.39, 0.29) is 6.61 Å². The summed E-state index contributed by atoms with van der Waals surface area (Å²) in [5.41, 5.74) is 3.40. The Bertz CT molecular complexity index is 603. The van der Waals surface area contributed by atoms with Crippen molar-refractivity contribution in [1.29, 1.82) is 0 Å². The first kappa shape index (κ1) is 14.5. The number of hydrogen-bond donors (Lipinski definition) is 0. The number of halogens is 1. The van der Waals surface area contributed by atoms with Gasteiger partial charge in [0.05, 0.1) is 0 Å². The molecule has 0 fully saturated rings. The lowest BCUT2D eigenvalue weighted by atomic mass is 10.0. The summed E-state index contributed by atoms with van der Waals surface area (Å²) >= 11 is 3.43. The molecular weight excluding hydrogens is 316 g/mol. The third kappa shape index (κ3) is 4.07. The molecule has 0 spiro atoms. The van der Waals surface area contributed by atoms with Crippen molar-refractivity contribution in [1.82, 2.24) is 0 Å². The van der Waals surface area contributed by atoms with E-state index in [1.165, 1.54) is 11.6 Å². The molecule has 0 heterocycles. The van der Waals surface area contributed by atoms with Gasteiger partial charge in [-0.15, -0.1) is 0 Å². The number of benzene rings is 2. The molecule has 0 N–H and O–H groups in total. The average molecular weight is 331 g/mol. The lowest BCUT2D eigenvalue weighted by molar-refractivity contribution is -0.138.